The summed E-state index contributed by atoms with van der Waals surface area (Å²) in [6, 6.07) is 7.89. The summed E-state index contributed by atoms with van der Waals surface area (Å²) in [6.07, 6.45) is 0.946. The fourth-order valence-corrected chi connectivity index (χ4v) is 4.13. The standard InChI is InChI=1S/C17H19NO2S/c1-11-7-12(2)9-13(8-11)10-18-5-3-15-14(4-6-21-15)16(18)17(19)20/h4,6-9,16H,3,5,10H2,1-2H3,(H,19,20). The molecule has 1 aromatic carbocycles. The predicted molar refractivity (Wildman–Crippen MR) is 84.7 cm³/mol. The molecule has 2 heterocycles. The molecule has 1 aliphatic heterocycles. The number of nitrogens with zero attached hydrogens (tertiary/aromatic N) is 1. The van der Waals surface area contributed by atoms with Crippen molar-refractivity contribution in [2.45, 2.75) is 32.9 Å². The van der Waals surface area contributed by atoms with E-state index >= 15 is 0 Å². The zero-order chi connectivity index (χ0) is 15.0. The number of fused-ring (bicyclic) bond motifs is 1. The lowest BCUT2D eigenvalue weighted by molar-refractivity contribution is -0.144. The summed E-state index contributed by atoms with van der Waals surface area (Å²) in [5, 5.41) is 11.6. The monoisotopic (exact) mass is 301 g/mol. The summed E-state index contributed by atoms with van der Waals surface area (Å²) < 4.78 is 0. The number of rotatable bonds is 3. The topological polar surface area (TPSA) is 40.5 Å². The molecule has 1 unspecified atom stereocenters. The Bertz CT molecular complexity index is 657. The Morgan fingerprint density at radius 2 is 2.05 bits per heavy atom. The van der Waals surface area contributed by atoms with Crippen LogP contribution >= 0.6 is 11.3 Å². The van der Waals surface area contributed by atoms with Gasteiger partial charge in [-0.15, -0.1) is 11.3 Å². The van der Waals surface area contributed by atoms with Gasteiger partial charge in [0, 0.05) is 18.0 Å². The minimum atomic E-state index is -0.751. The van der Waals surface area contributed by atoms with Crippen LogP contribution in [0, 0.1) is 13.8 Å². The van der Waals surface area contributed by atoms with E-state index in [0.717, 1.165) is 18.5 Å². The first-order valence-corrected chi connectivity index (χ1v) is 8.03. The van der Waals surface area contributed by atoms with E-state index in [1.54, 1.807) is 11.3 Å². The number of aliphatic carboxylic acids is 1. The molecule has 0 spiro atoms. The first-order chi connectivity index (χ1) is 10.0. The highest BCUT2D eigenvalue weighted by atomic mass is 32.1. The summed E-state index contributed by atoms with van der Waals surface area (Å²) in [5.74, 6) is -0.751. The highest BCUT2D eigenvalue weighted by Gasteiger charge is 2.33. The zero-order valence-electron chi connectivity index (χ0n) is 12.3. The Morgan fingerprint density at radius 1 is 1.33 bits per heavy atom. The van der Waals surface area contributed by atoms with Gasteiger partial charge in [0.1, 0.15) is 6.04 Å². The molecule has 21 heavy (non-hydrogen) atoms. The van der Waals surface area contributed by atoms with Crippen molar-refractivity contribution in [3.63, 3.8) is 0 Å². The minimum absolute atomic E-state index is 0.513. The molecule has 0 radical (unpaired) electrons. The zero-order valence-corrected chi connectivity index (χ0v) is 13.1. The van der Waals surface area contributed by atoms with E-state index in [2.05, 4.69) is 36.9 Å². The van der Waals surface area contributed by atoms with E-state index in [1.165, 1.54) is 21.6 Å². The number of aryl methyl sites for hydroxylation is 2. The lowest BCUT2D eigenvalue weighted by Crippen LogP contribution is -2.38. The fourth-order valence-electron chi connectivity index (χ4n) is 3.22. The van der Waals surface area contributed by atoms with Crippen LogP contribution in [0.4, 0.5) is 0 Å². The van der Waals surface area contributed by atoms with Crippen molar-refractivity contribution in [2.24, 2.45) is 0 Å². The molecular weight excluding hydrogens is 282 g/mol. The van der Waals surface area contributed by atoms with Crippen LogP contribution in [0.5, 0.6) is 0 Å². The van der Waals surface area contributed by atoms with Crippen molar-refractivity contribution >= 4 is 17.3 Å². The molecule has 4 heteroatoms. The maximum atomic E-state index is 11.7. The molecule has 0 bridgehead atoms. The van der Waals surface area contributed by atoms with Crippen molar-refractivity contribution in [1.29, 1.82) is 0 Å². The molecule has 1 aliphatic rings. The van der Waals surface area contributed by atoms with Gasteiger partial charge < -0.3 is 5.11 Å². The molecule has 3 nitrogen and oxygen atoms in total. The molecule has 0 saturated carbocycles. The number of carbonyl (C=O) groups is 1. The van der Waals surface area contributed by atoms with Crippen LogP contribution in [0.15, 0.2) is 29.6 Å². The van der Waals surface area contributed by atoms with Crippen molar-refractivity contribution in [1.82, 2.24) is 4.90 Å². The van der Waals surface area contributed by atoms with Gasteiger partial charge in [0.2, 0.25) is 0 Å². The summed E-state index contributed by atoms with van der Waals surface area (Å²) in [4.78, 5) is 15.0. The van der Waals surface area contributed by atoms with E-state index in [0.29, 0.717) is 6.54 Å². The van der Waals surface area contributed by atoms with Gasteiger partial charge in [-0.25, -0.2) is 0 Å². The lowest BCUT2D eigenvalue weighted by atomic mass is 9.98. The number of carboxylic acid groups (broad SMARTS) is 1. The number of hydrogen-bond donors (Lipinski definition) is 1. The number of hydrogen-bond acceptors (Lipinski definition) is 3. The summed E-state index contributed by atoms with van der Waals surface area (Å²) >= 11 is 1.67. The smallest absolute Gasteiger partial charge is 0.325 e. The summed E-state index contributed by atoms with van der Waals surface area (Å²) in [7, 11) is 0. The molecule has 110 valence electrons. The second-order valence-corrected chi connectivity index (χ2v) is 6.76. The van der Waals surface area contributed by atoms with E-state index in [1.807, 2.05) is 11.4 Å². The third kappa shape index (κ3) is 2.87. The molecule has 2 aromatic rings. The number of benzene rings is 1. The Kier molecular flexibility index (Phi) is 3.83. The molecule has 0 fully saturated rings. The molecule has 1 aromatic heterocycles. The van der Waals surface area contributed by atoms with Gasteiger partial charge in [-0.05, 0) is 42.8 Å². The van der Waals surface area contributed by atoms with Crippen LogP contribution < -0.4 is 0 Å². The SMILES string of the molecule is Cc1cc(C)cc(CN2CCc3sccc3C2C(=O)O)c1. The van der Waals surface area contributed by atoms with E-state index in [9.17, 15) is 9.90 Å². The second-order valence-electron chi connectivity index (χ2n) is 5.76. The first kappa shape index (κ1) is 14.3. The molecule has 0 amide bonds. The van der Waals surface area contributed by atoms with Crippen molar-refractivity contribution in [3.05, 3.63) is 56.8 Å². The van der Waals surface area contributed by atoms with Gasteiger partial charge in [0.25, 0.3) is 0 Å². The third-order valence-electron chi connectivity index (χ3n) is 3.97. The van der Waals surface area contributed by atoms with E-state index in [4.69, 9.17) is 0 Å². The van der Waals surface area contributed by atoms with Crippen LogP contribution in [0.1, 0.15) is 33.2 Å². The maximum absolute atomic E-state index is 11.7. The highest BCUT2D eigenvalue weighted by Crippen LogP contribution is 2.34. The summed E-state index contributed by atoms with van der Waals surface area (Å²) in [5.41, 5.74) is 4.62. The van der Waals surface area contributed by atoms with Crippen LogP contribution in [-0.2, 0) is 17.8 Å². The third-order valence-corrected chi connectivity index (χ3v) is 4.96. The number of thiophene rings is 1. The Hall–Kier alpha value is -1.65. The normalized spacial score (nSPS) is 18.5. The van der Waals surface area contributed by atoms with Crippen LogP contribution in [-0.4, -0.2) is 22.5 Å². The van der Waals surface area contributed by atoms with Crippen LogP contribution in [0.25, 0.3) is 0 Å². The van der Waals surface area contributed by atoms with Crippen molar-refractivity contribution < 1.29 is 9.90 Å². The molecule has 1 atom stereocenters. The van der Waals surface area contributed by atoms with Crippen molar-refractivity contribution in [2.75, 3.05) is 6.54 Å². The second kappa shape index (κ2) is 5.62. The Labute approximate surface area is 128 Å². The first-order valence-electron chi connectivity index (χ1n) is 7.15. The van der Waals surface area contributed by atoms with Gasteiger partial charge in [-0.3, -0.25) is 9.69 Å². The van der Waals surface area contributed by atoms with Gasteiger partial charge in [-0.1, -0.05) is 29.3 Å². The predicted octanol–water partition coefficient (Wildman–Crippen LogP) is 3.55. The quantitative estimate of drug-likeness (QED) is 0.942. The number of carboxylic acids is 1. The molecule has 1 N–H and O–H groups in total. The van der Waals surface area contributed by atoms with Gasteiger partial charge in [-0.2, -0.15) is 0 Å². The summed E-state index contributed by atoms with van der Waals surface area (Å²) in [6.45, 7) is 5.66. The van der Waals surface area contributed by atoms with Crippen LogP contribution in [0.2, 0.25) is 0 Å². The fraction of sp³-hybridized carbons (Fsp3) is 0.353. The Morgan fingerprint density at radius 3 is 2.71 bits per heavy atom. The maximum Gasteiger partial charge on any atom is 0.325 e. The van der Waals surface area contributed by atoms with Gasteiger partial charge >= 0.3 is 5.97 Å². The van der Waals surface area contributed by atoms with E-state index < -0.39 is 12.0 Å². The highest BCUT2D eigenvalue weighted by molar-refractivity contribution is 7.10. The molecular formula is C17H19NO2S. The molecule has 3 rings (SSSR count). The lowest BCUT2D eigenvalue weighted by Gasteiger charge is -2.33. The largest absolute Gasteiger partial charge is 0.480 e. The Balaban J connectivity index is 1.89. The van der Waals surface area contributed by atoms with Gasteiger partial charge in [0.15, 0.2) is 0 Å². The average Bonchev–Trinajstić information content (AvgIpc) is 2.84. The van der Waals surface area contributed by atoms with Crippen LogP contribution in [0.3, 0.4) is 0 Å². The van der Waals surface area contributed by atoms with Gasteiger partial charge in [0.05, 0.1) is 0 Å². The molecule has 0 saturated heterocycles. The minimum Gasteiger partial charge on any atom is -0.480 e. The molecule has 0 aliphatic carbocycles. The van der Waals surface area contributed by atoms with Crippen molar-refractivity contribution in [3.8, 4) is 0 Å². The van der Waals surface area contributed by atoms with E-state index in [-0.39, 0.29) is 0 Å². The average molecular weight is 301 g/mol.